The van der Waals surface area contributed by atoms with Crippen LogP contribution in [-0.4, -0.2) is 17.1 Å². The number of carbonyl (C=O) groups is 1. The minimum Gasteiger partial charge on any atom is -0.274 e. The highest BCUT2D eigenvalue weighted by atomic mass is 16.2. The maximum Gasteiger partial charge on any atom is 0.236 e. The highest BCUT2D eigenvalue weighted by molar-refractivity contribution is 6.10. The smallest absolute Gasteiger partial charge is 0.236 e. The molecule has 0 saturated carbocycles. The van der Waals surface area contributed by atoms with Crippen molar-refractivity contribution in [2.75, 3.05) is 0 Å². The van der Waals surface area contributed by atoms with Gasteiger partial charge in [-0.15, -0.1) is 0 Å². The number of aromatic nitrogens is 1. The van der Waals surface area contributed by atoms with Crippen LogP contribution in [0.25, 0.3) is 21.8 Å². The summed E-state index contributed by atoms with van der Waals surface area (Å²) >= 11 is 0. The zero-order valence-electron chi connectivity index (χ0n) is 11.0. The topological polar surface area (TPSA) is 54.4 Å². The van der Waals surface area contributed by atoms with E-state index in [2.05, 4.69) is 15.5 Å². The number of hydrazone groups is 1. The van der Waals surface area contributed by atoms with E-state index in [-0.39, 0.29) is 5.91 Å². The number of hydrogen-bond acceptors (Lipinski definition) is 3. The van der Waals surface area contributed by atoms with Crippen molar-refractivity contribution in [3.05, 3.63) is 54.1 Å². The lowest BCUT2D eigenvalue weighted by molar-refractivity contribution is -0.118. The van der Waals surface area contributed by atoms with Crippen LogP contribution in [0.5, 0.6) is 0 Å². The van der Waals surface area contributed by atoms with E-state index in [0.29, 0.717) is 0 Å². The normalized spacial score (nSPS) is 11.2. The zero-order chi connectivity index (χ0) is 13.9. The molecule has 2 aromatic carbocycles. The molecule has 0 aliphatic rings. The standard InChI is InChI=1S/C16H13N3O/c1-11(20)19-17-10-14-12-6-2-4-8-15(12)18-16-9-5-3-7-13(14)16/h2-10H,1H3,(H,19,20)/b17-10+. The zero-order valence-corrected chi connectivity index (χ0v) is 11.0. The van der Waals surface area contributed by atoms with Gasteiger partial charge in [0.2, 0.25) is 5.91 Å². The number of hydrogen-bond donors (Lipinski definition) is 1. The highest BCUT2D eigenvalue weighted by Gasteiger charge is 2.06. The summed E-state index contributed by atoms with van der Waals surface area (Å²) in [5.74, 6) is -0.191. The van der Waals surface area contributed by atoms with Crippen LogP contribution in [0.2, 0.25) is 0 Å². The van der Waals surface area contributed by atoms with E-state index < -0.39 is 0 Å². The van der Waals surface area contributed by atoms with E-state index in [0.717, 1.165) is 27.4 Å². The minimum atomic E-state index is -0.191. The molecule has 0 spiro atoms. The van der Waals surface area contributed by atoms with Crippen LogP contribution in [0.15, 0.2) is 53.6 Å². The highest BCUT2D eigenvalue weighted by Crippen LogP contribution is 2.24. The Morgan fingerprint density at radius 3 is 2.15 bits per heavy atom. The van der Waals surface area contributed by atoms with Gasteiger partial charge in [0.05, 0.1) is 17.2 Å². The fraction of sp³-hybridized carbons (Fsp3) is 0.0625. The molecule has 0 bridgehead atoms. The van der Waals surface area contributed by atoms with Crippen molar-refractivity contribution in [1.82, 2.24) is 10.4 Å². The van der Waals surface area contributed by atoms with Gasteiger partial charge < -0.3 is 0 Å². The molecule has 1 aromatic heterocycles. The molecule has 0 radical (unpaired) electrons. The number of benzene rings is 2. The third-order valence-corrected chi connectivity index (χ3v) is 3.04. The number of rotatable bonds is 2. The molecule has 0 fully saturated rings. The summed E-state index contributed by atoms with van der Waals surface area (Å²) in [4.78, 5) is 15.6. The molecule has 1 N–H and O–H groups in total. The molecule has 4 nitrogen and oxygen atoms in total. The minimum absolute atomic E-state index is 0.191. The number of carbonyl (C=O) groups excluding carboxylic acids is 1. The average Bonchev–Trinajstić information content (AvgIpc) is 2.46. The lowest BCUT2D eigenvalue weighted by Gasteiger charge is -2.06. The Hall–Kier alpha value is -2.75. The number of amides is 1. The van der Waals surface area contributed by atoms with Crippen molar-refractivity contribution in [3.8, 4) is 0 Å². The van der Waals surface area contributed by atoms with Gasteiger partial charge in [0.1, 0.15) is 0 Å². The van der Waals surface area contributed by atoms with E-state index >= 15 is 0 Å². The van der Waals surface area contributed by atoms with Gasteiger partial charge in [-0.2, -0.15) is 5.10 Å². The lowest BCUT2D eigenvalue weighted by Crippen LogP contribution is -2.12. The Bertz CT molecular complexity index is 770. The van der Waals surface area contributed by atoms with Gasteiger partial charge in [-0.3, -0.25) is 4.79 Å². The molecule has 3 rings (SSSR count). The van der Waals surface area contributed by atoms with Crippen molar-refractivity contribution in [3.63, 3.8) is 0 Å². The van der Waals surface area contributed by atoms with E-state index in [9.17, 15) is 4.79 Å². The quantitative estimate of drug-likeness (QED) is 0.439. The Morgan fingerprint density at radius 2 is 1.60 bits per heavy atom. The van der Waals surface area contributed by atoms with Gasteiger partial charge in [-0.05, 0) is 12.1 Å². The largest absolute Gasteiger partial charge is 0.274 e. The molecular formula is C16H13N3O. The van der Waals surface area contributed by atoms with Crippen LogP contribution in [0, 0.1) is 0 Å². The van der Waals surface area contributed by atoms with E-state index in [4.69, 9.17) is 0 Å². The lowest BCUT2D eigenvalue weighted by atomic mass is 10.0. The van der Waals surface area contributed by atoms with Gasteiger partial charge in [-0.1, -0.05) is 36.4 Å². The monoisotopic (exact) mass is 263 g/mol. The molecule has 98 valence electrons. The van der Waals surface area contributed by atoms with Gasteiger partial charge in [0.15, 0.2) is 0 Å². The second kappa shape index (κ2) is 5.09. The van der Waals surface area contributed by atoms with Gasteiger partial charge in [0, 0.05) is 23.3 Å². The molecule has 0 saturated heterocycles. The first kappa shape index (κ1) is 12.3. The summed E-state index contributed by atoms with van der Waals surface area (Å²) in [6, 6.07) is 15.8. The van der Waals surface area contributed by atoms with Crippen LogP contribution >= 0.6 is 0 Å². The van der Waals surface area contributed by atoms with Crippen LogP contribution in [0.3, 0.4) is 0 Å². The number of fused-ring (bicyclic) bond motifs is 2. The van der Waals surface area contributed by atoms with Crippen LogP contribution < -0.4 is 5.43 Å². The number of nitrogens with one attached hydrogen (secondary N) is 1. The third kappa shape index (κ3) is 2.23. The molecule has 4 heteroatoms. The van der Waals surface area contributed by atoms with Crippen LogP contribution in [-0.2, 0) is 4.79 Å². The van der Waals surface area contributed by atoms with Crippen LogP contribution in [0.4, 0.5) is 0 Å². The molecule has 0 aliphatic carbocycles. The number of pyridine rings is 1. The average molecular weight is 263 g/mol. The first-order chi connectivity index (χ1) is 9.75. The molecule has 20 heavy (non-hydrogen) atoms. The molecule has 3 aromatic rings. The number of para-hydroxylation sites is 2. The van der Waals surface area contributed by atoms with Gasteiger partial charge in [0.25, 0.3) is 0 Å². The Kier molecular flexibility index (Phi) is 3.13. The van der Waals surface area contributed by atoms with Crippen molar-refractivity contribution in [2.24, 2.45) is 5.10 Å². The molecule has 0 aliphatic heterocycles. The molecule has 0 atom stereocenters. The summed E-state index contributed by atoms with van der Waals surface area (Å²) in [6.07, 6.45) is 1.67. The van der Waals surface area contributed by atoms with Gasteiger partial charge >= 0.3 is 0 Å². The fourth-order valence-electron chi connectivity index (χ4n) is 2.20. The Balaban J connectivity index is 2.27. The van der Waals surface area contributed by atoms with E-state index in [1.165, 1.54) is 6.92 Å². The summed E-state index contributed by atoms with van der Waals surface area (Å²) in [5, 5.41) is 6.02. The Labute approximate surface area is 116 Å². The second-order valence-electron chi connectivity index (χ2n) is 4.49. The predicted molar refractivity (Wildman–Crippen MR) is 80.7 cm³/mol. The molecule has 0 unspecified atom stereocenters. The SMILES string of the molecule is CC(=O)N/N=C/c1c2ccccc2nc2ccccc12. The number of nitrogens with zero attached hydrogens (tertiary/aromatic N) is 2. The fourth-order valence-corrected chi connectivity index (χ4v) is 2.20. The van der Waals surface area contributed by atoms with E-state index in [1.54, 1.807) is 6.21 Å². The first-order valence-electron chi connectivity index (χ1n) is 6.33. The van der Waals surface area contributed by atoms with E-state index in [1.807, 2.05) is 48.5 Å². The summed E-state index contributed by atoms with van der Waals surface area (Å²) in [7, 11) is 0. The molecular weight excluding hydrogens is 250 g/mol. The van der Waals surface area contributed by atoms with Gasteiger partial charge in [-0.25, -0.2) is 10.4 Å². The second-order valence-corrected chi connectivity index (χ2v) is 4.49. The molecule has 1 amide bonds. The third-order valence-electron chi connectivity index (χ3n) is 3.04. The summed E-state index contributed by atoms with van der Waals surface area (Å²) in [6.45, 7) is 1.43. The van der Waals surface area contributed by atoms with Crippen molar-refractivity contribution >= 4 is 33.9 Å². The maximum absolute atomic E-state index is 10.9. The van der Waals surface area contributed by atoms with Crippen molar-refractivity contribution in [2.45, 2.75) is 6.92 Å². The van der Waals surface area contributed by atoms with Crippen molar-refractivity contribution < 1.29 is 4.79 Å². The van der Waals surface area contributed by atoms with Crippen LogP contribution in [0.1, 0.15) is 12.5 Å². The first-order valence-corrected chi connectivity index (χ1v) is 6.33. The molecule has 1 heterocycles. The van der Waals surface area contributed by atoms with Crippen molar-refractivity contribution in [1.29, 1.82) is 0 Å². The summed E-state index contributed by atoms with van der Waals surface area (Å²) < 4.78 is 0. The summed E-state index contributed by atoms with van der Waals surface area (Å²) in [5.41, 5.74) is 5.22. The predicted octanol–water partition coefficient (Wildman–Crippen LogP) is 2.86. The Morgan fingerprint density at radius 1 is 1.05 bits per heavy atom. The maximum atomic E-state index is 10.9.